The Morgan fingerprint density at radius 1 is 1.03 bits per heavy atom. The molecule has 3 nitrogen and oxygen atoms in total. The van der Waals surface area contributed by atoms with Gasteiger partial charge in [0.1, 0.15) is 22.3 Å². The smallest absolute Gasteiger partial charge is 0.271 e. The molecule has 0 radical (unpaired) electrons. The van der Waals surface area contributed by atoms with Crippen LogP contribution in [0, 0.1) is 18.6 Å². The number of carbonyl (C=O) groups is 1. The van der Waals surface area contributed by atoms with Gasteiger partial charge in [0.25, 0.3) is 5.91 Å². The first kappa shape index (κ1) is 20.3. The molecule has 1 amide bonds. The van der Waals surface area contributed by atoms with Gasteiger partial charge in [0.15, 0.2) is 0 Å². The molecule has 3 aromatic rings. The lowest BCUT2D eigenvalue weighted by Crippen LogP contribution is -2.27. The average molecular weight is 439 g/mol. The lowest BCUT2D eigenvalue weighted by molar-refractivity contribution is 0.0935. The van der Waals surface area contributed by atoms with Gasteiger partial charge in [-0.3, -0.25) is 4.79 Å². The quantitative estimate of drug-likeness (QED) is 0.469. The lowest BCUT2D eigenvalue weighted by atomic mass is 10.00. The number of nitrogens with zero attached hydrogens (tertiary/aromatic N) is 1. The van der Waals surface area contributed by atoms with Gasteiger partial charge in [-0.25, -0.2) is 13.8 Å². The zero-order valence-corrected chi connectivity index (χ0v) is 18.4. The summed E-state index contributed by atoms with van der Waals surface area (Å²) in [4.78, 5) is 17.3. The molecule has 2 aromatic carbocycles. The maximum atomic E-state index is 13.9. The van der Waals surface area contributed by atoms with Crippen LogP contribution in [-0.4, -0.2) is 10.9 Å². The highest BCUT2D eigenvalue weighted by Gasteiger charge is 2.29. The highest BCUT2D eigenvalue weighted by atomic mass is 32.1. The van der Waals surface area contributed by atoms with E-state index in [0.29, 0.717) is 23.1 Å². The highest BCUT2D eigenvalue weighted by Crippen LogP contribution is 2.46. The van der Waals surface area contributed by atoms with Crippen LogP contribution in [0.5, 0.6) is 0 Å². The third-order valence-corrected chi connectivity index (χ3v) is 7.10. The van der Waals surface area contributed by atoms with Crippen LogP contribution in [0.1, 0.15) is 83.2 Å². The zero-order chi connectivity index (χ0) is 21.7. The molecule has 1 heterocycles. The van der Waals surface area contributed by atoms with Crippen molar-refractivity contribution in [2.24, 2.45) is 0 Å². The van der Waals surface area contributed by atoms with Gasteiger partial charge in [0.05, 0.1) is 6.04 Å². The van der Waals surface area contributed by atoms with Crippen LogP contribution in [0.25, 0.3) is 10.6 Å². The molecule has 1 aromatic heterocycles. The predicted molar refractivity (Wildman–Crippen MR) is 118 cm³/mol. The van der Waals surface area contributed by atoms with Gasteiger partial charge in [-0.15, -0.1) is 11.3 Å². The average Bonchev–Trinajstić information content (AvgIpc) is 3.68. The number of thiazole rings is 1. The second-order valence-electron chi connectivity index (χ2n) is 8.78. The highest BCUT2D eigenvalue weighted by molar-refractivity contribution is 7.13. The van der Waals surface area contributed by atoms with E-state index >= 15 is 0 Å². The van der Waals surface area contributed by atoms with Gasteiger partial charge in [0, 0.05) is 16.5 Å². The zero-order valence-electron chi connectivity index (χ0n) is 17.5. The number of rotatable bonds is 6. The molecule has 0 bridgehead atoms. The van der Waals surface area contributed by atoms with Crippen LogP contribution in [-0.2, 0) is 0 Å². The Morgan fingerprint density at radius 2 is 1.61 bits per heavy atom. The Morgan fingerprint density at radius 3 is 2.16 bits per heavy atom. The number of carbonyl (C=O) groups excluding carboxylic acids is 1. The van der Waals surface area contributed by atoms with Gasteiger partial charge in [-0.05, 0) is 92.3 Å². The van der Waals surface area contributed by atoms with Crippen LogP contribution in [0.4, 0.5) is 8.78 Å². The number of hydrogen-bond acceptors (Lipinski definition) is 3. The molecule has 2 aliphatic rings. The fourth-order valence-electron chi connectivity index (χ4n) is 3.88. The lowest BCUT2D eigenvalue weighted by Gasteiger charge is -2.14. The number of amides is 1. The van der Waals surface area contributed by atoms with E-state index in [1.807, 2.05) is 0 Å². The van der Waals surface area contributed by atoms with Crippen molar-refractivity contribution in [3.05, 3.63) is 75.3 Å². The predicted octanol–water partition coefficient (Wildman–Crippen LogP) is 6.64. The summed E-state index contributed by atoms with van der Waals surface area (Å²) in [5.74, 6) is -0.257. The Labute approximate surface area is 184 Å². The molecular weight excluding hydrogens is 414 g/mol. The monoisotopic (exact) mass is 438 g/mol. The minimum absolute atomic E-state index is 0.0228. The minimum Gasteiger partial charge on any atom is -0.344 e. The molecule has 1 atom stereocenters. The summed E-state index contributed by atoms with van der Waals surface area (Å²) in [6.07, 6.45) is 4.99. The summed E-state index contributed by atoms with van der Waals surface area (Å²) < 4.78 is 27.8. The number of nitrogens with one attached hydrogen (secondary N) is 1. The fourth-order valence-corrected chi connectivity index (χ4v) is 4.67. The standard InChI is InChI=1S/C25H24F2N2OS/c1-13-21(26)10-17(11-22(13)27)14(2)28-24(30)23-12-31-25(29-23)20-8-18(15-3-4-15)7-19(9-20)16-5-6-16/h7-12,14-16H,3-6H2,1-2H3,(H,28,30)/t14-/m1/s1. The van der Waals surface area contributed by atoms with Crippen molar-refractivity contribution < 1.29 is 13.6 Å². The second kappa shape index (κ2) is 7.83. The Bertz CT molecular complexity index is 1110. The van der Waals surface area contributed by atoms with Gasteiger partial charge >= 0.3 is 0 Å². The third-order valence-electron chi connectivity index (χ3n) is 6.21. The van der Waals surface area contributed by atoms with Gasteiger partial charge in [-0.1, -0.05) is 6.07 Å². The van der Waals surface area contributed by atoms with Crippen LogP contribution < -0.4 is 5.32 Å². The van der Waals surface area contributed by atoms with E-state index in [9.17, 15) is 13.6 Å². The van der Waals surface area contributed by atoms with E-state index in [-0.39, 0.29) is 11.5 Å². The van der Waals surface area contributed by atoms with E-state index in [1.165, 1.54) is 67.2 Å². The second-order valence-corrected chi connectivity index (χ2v) is 9.64. The van der Waals surface area contributed by atoms with Gasteiger partial charge < -0.3 is 5.32 Å². The topological polar surface area (TPSA) is 42.0 Å². The molecule has 2 fully saturated rings. The summed E-state index contributed by atoms with van der Waals surface area (Å²) in [5, 5.41) is 5.37. The number of halogens is 2. The van der Waals surface area contributed by atoms with Crippen LogP contribution >= 0.6 is 11.3 Å². The van der Waals surface area contributed by atoms with E-state index in [2.05, 4.69) is 28.5 Å². The van der Waals surface area contributed by atoms with Crippen molar-refractivity contribution in [3.63, 3.8) is 0 Å². The molecule has 2 aliphatic carbocycles. The molecule has 2 saturated carbocycles. The molecule has 1 N–H and O–H groups in total. The summed E-state index contributed by atoms with van der Waals surface area (Å²) >= 11 is 1.45. The first-order chi connectivity index (χ1) is 14.9. The molecular formula is C25H24F2N2OS. The molecule has 6 heteroatoms. The third kappa shape index (κ3) is 4.26. The summed E-state index contributed by atoms with van der Waals surface area (Å²) in [6, 6.07) is 8.76. The van der Waals surface area contributed by atoms with Crippen molar-refractivity contribution in [1.82, 2.24) is 10.3 Å². The Hall–Kier alpha value is -2.60. The SMILES string of the molecule is Cc1c(F)cc([C@@H](C)NC(=O)c2csc(-c3cc(C4CC4)cc(C4CC4)c3)n2)cc1F. The van der Waals surface area contributed by atoms with E-state index in [4.69, 9.17) is 0 Å². The first-order valence-corrected chi connectivity index (χ1v) is 11.6. The van der Waals surface area contributed by atoms with Crippen molar-refractivity contribution in [2.75, 3.05) is 0 Å². The molecule has 0 saturated heterocycles. The van der Waals surface area contributed by atoms with Crippen molar-refractivity contribution in [2.45, 2.75) is 57.4 Å². The van der Waals surface area contributed by atoms with Gasteiger partial charge in [-0.2, -0.15) is 0 Å². The molecule has 31 heavy (non-hydrogen) atoms. The Kier molecular flexibility index (Phi) is 5.13. The van der Waals surface area contributed by atoms with Crippen molar-refractivity contribution in [1.29, 1.82) is 0 Å². The first-order valence-electron chi connectivity index (χ1n) is 10.8. The maximum Gasteiger partial charge on any atom is 0.271 e. The van der Waals surface area contributed by atoms with E-state index < -0.39 is 17.7 Å². The van der Waals surface area contributed by atoms with Crippen LogP contribution in [0.3, 0.4) is 0 Å². The summed E-state index contributed by atoms with van der Waals surface area (Å²) in [7, 11) is 0. The van der Waals surface area contributed by atoms with Gasteiger partial charge in [0.2, 0.25) is 0 Å². The minimum atomic E-state index is -0.617. The van der Waals surface area contributed by atoms with Crippen molar-refractivity contribution >= 4 is 17.2 Å². The number of hydrogen-bond donors (Lipinski definition) is 1. The number of benzene rings is 2. The molecule has 0 aliphatic heterocycles. The normalized spacial score (nSPS) is 16.9. The molecule has 5 rings (SSSR count). The summed E-state index contributed by atoms with van der Waals surface area (Å²) in [6.45, 7) is 3.09. The van der Waals surface area contributed by atoms with Crippen LogP contribution in [0.2, 0.25) is 0 Å². The maximum absolute atomic E-state index is 13.9. The largest absolute Gasteiger partial charge is 0.344 e. The molecule has 0 spiro atoms. The molecule has 0 unspecified atom stereocenters. The van der Waals surface area contributed by atoms with E-state index in [1.54, 1.807) is 12.3 Å². The van der Waals surface area contributed by atoms with Crippen LogP contribution in [0.15, 0.2) is 35.7 Å². The van der Waals surface area contributed by atoms with Crippen molar-refractivity contribution in [3.8, 4) is 10.6 Å². The Balaban J connectivity index is 1.35. The fraction of sp³-hybridized carbons (Fsp3) is 0.360. The summed E-state index contributed by atoms with van der Waals surface area (Å²) in [5.41, 5.74) is 4.53. The molecule has 160 valence electrons. The van der Waals surface area contributed by atoms with E-state index in [0.717, 1.165) is 10.6 Å². The number of aromatic nitrogens is 1.